The summed E-state index contributed by atoms with van der Waals surface area (Å²) in [5.41, 5.74) is 1.11. The van der Waals surface area contributed by atoms with Gasteiger partial charge in [0.15, 0.2) is 0 Å². The van der Waals surface area contributed by atoms with Gasteiger partial charge in [0.05, 0.1) is 35.3 Å². The molecule has 0 amide bonds. The second kappa shape index (κ2) is 7.54. The first-order valence-electron chi connectivity index (χ1n) is 7.82. The molecule has 0 saturated heterocycles. The van der Waals surface area contributed by atoms with Crippen LogP contribution in [0.3, 0.4) is 0 Å². The Balaban J connectivity index is 1.97. The zero-order chi connectivity index (χ0) is 19.4. The molecule has 0 atom stereocenters. The van der Waals surface area contributed by atoms with E-state index in [-0.39, 0.29) is 11.3 Å². The predicted molar refractivity (Wildman–Crippen MR) is 97.2 cm³/mol. The quantitative estimate of drug-likeness (QED) is 0.358. The van der Waals surface area contributed by atoms with Crippen molar-refractivity contribution in [1.29, 1.82) is 5.26 Å². The van der Waals surface area contributed by atoms with Gasteiger partial charge in [-0.05, 0) is 42.0 Å². The van der Waals surface area contributed by atoms with Crippen LogP contribution in [0.1, 0.15) is 11.3 Å². The standard InChI is InChI=1S/C20H13FN2O4/c1-26-20-11-16(23(24)25)5-7-18(20)19-8-6-17(27-19)10-14(12-22)13-3-2-4-15(21)9-13/h2-11H,1H3. The van der Waals surface area contributed by atoms with Crippen LogP contribution in [0.25, 0.3) is 23.0 Å². The van der Waals surface area contributed by atoms with Crippen LogP contribution in [0.4, 0.5) is 10.1 Å². The summed E-state index contributed by atoms with van der Waals surface area (Å²) in [7, 11) is 1.41. The van der Waals surface area contributed by atoms with Gasteiger partial charge >= 0.3 is 0 Å². The molecule has 3 aromatic rings. The maximum Gasteiger partial charge on any atom is 0.273 e. The number of hydrogen-bond acceptors (Lipinski definition) is 5. The van der Waals surface area contributed by atoms with Crippen LogP contribution in [-0.4, -0.2) is 12.0 Å². The number of non-ortho nitro benzene ring substituents is 1. The van der Waals surface area contributed by atoms with E-state index < -0.39 is 10.7 Å². The first kappa shape index (κ1) is 17.9. The van der Waals surface area contributed by atoms with Crippen LogP contribution in [0.15, 0.2) is 59.0 Å². The van der Waals surface area contributed by atoms with Gasteiger partial charge in [-0.25, -0.2) is 4.39 Å². The van der Waals surface area contributed by atoms with Crippen LogP contribution in [0, 0.1) is 27.3 Å². The van der Waals surface area contributed by atoms with E-state index in [1.165, 1.54) is 49.6 Å². The predicted octanol–water partition coefficient (Wildman–Crippen LogP) is 5.07. The molecule has 0 aliphatic rings. The van der Waals surface area contributed by atoms with Crippen LogP contribution in [-0.2, 0) is 0 Å². The van der Waals surface area contributed by atoms with Crippen molar-refractivity contribution in [3.05, 3.63) is 81.9 Å². The Morgan fingerprint density at radius 3 is 2.74 bits per heavy atom. The third kappa shape index (κ3) is 3.85. The van der Waals surface area contributed by atoms with Gasteiger partial charge in [0.25, 0.3) is 5.69 Å². The summed E-state index contributed by atoms with van der Waals surface area (Å²) in [5.74, 6) is 0.653. The highest BCUT2D eigenvalue weighted by molar-refractivity contribution is 5.89. The maximum atomic E-state index is 13.4. The fourth-order valence-corrected chi connectivity index (χ4v) is 2.55. The number of halogens is 1. The fourth-order valence-electron chi connectivity index (χ4n) is 2.55. The minimum absolute atomic E-state index is 0.0971. The molecule has 3 rings (SSSR count). The molecule has 134 valence electrons. The van der Waals surface area contributed by atoms with Crippen LogP contribution in [0.5, 0.6) is 5.75 Å². The van der Waals surface area contributed by atoms with E-state index in [0.29, 0.717) is 28.4 Å². The van der Waals surface area contributed by atoms with E-state index in [4.69, 9.17) is 9.15 Å². The number of furan rings is 1. The SMILES string of the molecule is COc1cc([N+](=O)[O-])ccc1-c1ccc(C=C(C#N)c2cccc(F)c2)o1. The summed E-state index contributed by atoms with van der Waals surface area (Å²) < 4.78 is 24.3. The summed E-state index contributed by atoms with van der Waals surface area (Å²) in [6.45, 7) is 0. The minimum Gasteiger partial charge on any atom is -0.496 e. The lowest BCUT2D eigenvalue weighted by atomic mass is 10.1. The molecular weight excluding hydrogens is 351 g/mol. The number of nitrogens with zero attached hydrogens (tertiary/aromatic N) is 2. The van der Waals surface area contributed by atoms with E-state index >= 15 is 0 Å². The number of allylic oxidation sites excluding steroid dienone is 1. The van der Waals surface area contributed by atoms with E-state index in [1.54, 1.807) is 18.2 Å². The number of nitriles is 1. The Morgan fingerprint density at radius 1 is 1.26 bits per heavy atom. The van der Waals surface area contributed by atoms with Gasteiger partial charge in [0, 0.05) is 6.07 Å². The molecular formula is C20H13FN2O4. The van der Waals surface area contributed by atoms with Gasteiger partial charge in [-0.3, -0.25) is 10.1 Å². The summed E-state index contributed by atoms with van der Waals surface area (Å²) in [6, 6.07) is 15.2. The summed E-state index contributed by atoms with van der Waals surface area (Å²) in [4.78, 5) is 10.4. The van der Waals surface area contributed by atoms with Crippen LogP contribution >= 0.6 is 0 Å². The Morgan fingerprint density at radius 2 is 2.07 bits per heavy atom. The average Bonchev–Trinajstić information content (AvgIpc) is 3.13. The molecule has 0 unspecified atom stereocenters. The molecule has 1 aromatic heterocycles. The lowest BCUT2D eigenvalue weighted by Crippen LogP contribution is -1.92. The number of rotatable bonds is 5. The van der Waals surface area contributed by atoms with Crippen molar-refractivity contribution in [2.75, 3.05) is 7.11 Å². The number of hydrogen-bond donors (Lipinski definition) is 0. The van der Waals surface area contributed by atoms with Gasteiger partial charge in [0.2, 0.25) is 0 Å². The first-order chi connectivity index (χ1) is 13.0. The van der Waals surface area contributed by atoms with Gasteiger partial charge in [0.1, 0.15) is 23.1 Å². The molecule has 6 nitrogen and oxygen atoms in total. The third-order valence-corrected chi connectivity index (χ3v) is 3.83. The van der Waals surface area contributed by atoms with Crippen molar-refractivity contribution in [2.24, 2.45) is 0 Å². The number of ether oxygens (including phenoxy) is 1. The van der Waals surface area contributed by atoms with Crippen LogP contribution in [0.2, 0.25) is 0 Å². The lowest BCUT2D eigenvalue weighted by molar-refractivity contribution is -0.384. The van der Waals surface area contributed by atoms with Crippen molar-refractivity contribution in [3.8, 4) is 23.1 Å². The number of benzene rings is 2. The van der Waals surface area contributed by atoms with Crippen LogP contribution < -0.4 is 4.74 Å². The molecule has 0 N–H and O–H groups in total. The highest BCUT2D eigenvalue weighted by Crippen LogP contribution is 2.34. The largest absolute Gasteiger partial charge is 0.496 e. The zero-order valence-electron chi connectivity index (χ0n) is 14.2. The van der Waals surface area contributed by atoms with Gasteiger partial charge in [-0.1, -0.05) is 12.1 Å². The van der Waals surface area contributed by atoms with Crippen molar-refractivity contribution in [2.45, 2.75) is 0 Å². The van der Waals surface area contributed by atoms with Gasteiger partial charge in [-0.15, -0.1) is 0 Å². The first-order valence-corrected chi connectivity index (χ1v) is 7.82. The normalized spacial score (nSPS) is 11.1. The van der Waals surface area contributed by atoms with Crippen molar-refractivity contribution in [1.82, 2.24) is 0 Å². The molecule has 0 aliphatic heterocycles. The minimum atomic E-state index is -0.513. The monoisotopic (exact) mass is 364 g/mol. The van der Waals surface area contributed by atoms with Crippen molar-refractivity contribution in [3.63, 3.8) is 0 Å². The Hall–Kier alpha value is -3.92. The average molecular weight is 364 g/mol. The van der Waals surface area contributed by atoms with Crippen molar-refractivity contribution >= 4 is 17.3 Å². The zero-order valence-corrected chi connectivity index (χ0v) is 14.2. The highest BCUT2D eigenvalue weighted by Gasteiger charge is 2.15. The van der Waals surface area contributed by atoms with E-state index in [2.05, 4.69) is 0 Å². The van der Waals surface area contributed by atoms with Gasteiger partial charge in [-0.2, -0.15) is 5.26 Å². The number of nitro groups is 1. The van der Waals surface area contributed by atoms with Crippen molar-refractivity contribution < 1.29 is 18.5 Å². The number of methoxy groups -OCH3 is 1. The maximum absolute atomic E-state index is 13.4. The van der Waals surface area contributed by atoms with E-state index in [1.807, 2.05) is 6.07 Å². The molecule has 1 heterocycles. The highest BCUT2D eigenvalue weighted by atomic mass is 19.1. The molecule has 0 spiro atoms. The number of nitro benzene ring substituents is 1. The molecule has 0 aliphatic carbocycles. The molecule has 0 radical (unpaired) electrons. The fraction of sp³-hybridized carbons (Fsp3) is 0.0500. The molecule has 0 bridgehead atoms. The second-order valence-corrected chi connectivity index (χ2v) is 5.52. The Labute approximate surface area is 153 Å². The topological polar surface area (TPSA) is 89.3 Å². The molecule has 2 aromatic carbocycles. The summed E-state index contributed by atoms with van der Waals surface area (Å²) in [6.07, 6.45) is 1.50. The third-order valence-electron chi connectivity index (χ3n) is 3.83. The summed E-state index contributed by atoms with van der Waals surface area (Å²) >= 11 is 0. The summed E-state index contributed by atoms with van der Waals surface area (Å²) in [5, 5.41) is 20.2. The Bertz CT molecular complexity index is 1080. The molecule has 7 heteroatoms. The van der Waals surface area contributed by atoms with Gasteiger partial charge < -0.3 is 9.15 Å². The Kier molecular flexibility index (Phi) is 4.99. The molecule has 0 fully saturated rings. The second-order valence-electron chi connectivity index (χ2n) is 5.52. The van der Waals surface area contributed by atoms with E-state index in [9.17, 15) is 19.8 Å². The van der Waals surface area contributed by atoms with E-state index in [0.717, 1.165) is 0 Å². The molecule has 0 saturated carbocycles. The lowest BCUT2D eigenvalue weighted by Gasteiger charge is -2.05. The molecule has 27 heavy (non-hydrogen) atoms. The smallest absolute Gasteiger partial charge is 0.273 e.